The minimum absolute atomic E-state index is 0.0722. The predicted octanol–water partition coefficient (Wildman–Crippen LogP) is 2.33. The summed E-state index contributed by atoms with van der Waals surface area (Å²) in [7, 11) is 0. The van der Waals surface area contributed by atoms with E-state index in [0.717, 1.165) is 15.8 Å². The van der Waals surface area contributed by atoms with Gasteiger partial charge < -0.3 is 10.2 Å². The third-order valence-electron chi connectivity index (χ3n) is 4.41. The van der Waals surface area contributed by atoms with Gasteiger partial charge in [0.05, 0.1) is 22.2 Å². The average molecular weight is 472 g/mol. The van der Waals surface area contributed by atoms with E-state index < -0.39 is 11.9 Å². The molecular formula is C20H14BrN3O4S. The molecule has 29 heavy (non-hydrogen) atoms. The molecule has 1 aliphatic heterocycles. The number of aromatic carboxylic acids is 1. The van der Waals surface area contributed by atoms with Crippen molar-refractivity contribution in [2.45, 2.75) is 13.5 Å². The number of thiazole rings is 1. The highest BCUT2D eigenvalue weighted by molar-refractivity contribution is 9.10. The van der Waals surface area contributed by atoms with Crippen LogP contribution in [0.25, 0.3) is 5.57 Å². The van der Waals surface area contributed by atoms with Gasteiger partial charge in [-0.25, -0.2) is 14.8 Å². The lowest BCUT2D eigenvalue weighted by Crippen LogP contribution is -2.22. The Morgan fingerprint density at radius 3 is 2.79 bits per heavy atom. The molecule has 1 amide bonds. The third-order valence-corrected chi connectivity index (χ3v) is 5.99. The smallest absolute Gasteiger partial charge is 0.335 e. The first-order valence-electron chi connectivity index (χ1n) is 8.63. The molecule has 146 valence electrons. The van der Waals surface area contributed by atoms with Crippen LogP contribution in [0.2, 0.25) is 0 Å². The van der Waals surface area contributed by atoms with Crippen LogP contribution in [0.15, 0.2) is 56.9 Å². The van der Waals surface area contributed by atoms with Crippen molar-refractivity contribution in [3.05, 3.63) is 72.8 Å². The van der Waals surface area contributed by atoms with Gasteiger partial charge in [0.25, 0.3) is 5.91 Å². The largest absolute Gasteiger partial charge is 0.493 e. The Morgan fingerprint density at radius 1 is 1.28 bits per heavy atom. The summed E-state index contributed by atoms with van der Waals surface area (Å²) < 4.78 is 2.37. The Balaban J connectivity index is 1.96. The van der Waals surface area contributed by atoms with Crippen LogP contribution in [0.3, 0.4) is 0 Å². The molecule has 1 aromatic heterocycles. The molecule has 0 bridgehead atoms. The van der Waals surface area contributed by atoms with Crippen molar-refractivity contribution in [1.82, 2.24) is 4.57 Å². The van der Waals surface area contributed by atoms with Gasteiger partial charge in [-0.05, 0) is 43.3 Å². The van der Waals surface area contributed by atoms with E-state index in [9.17, 15) is 19.8 Å². The Morgan fingerprint density at radius 2 is 2.07 bits per heavy atom. The number of hydrogen-bond donors (Lipinski definition) is 2. The second-order valence-electron chi connectivity index (χ2n) is 6.20. The van der Waals surface area contributed by atoms with Gasteiger partial charge in [0.15, 0.2) is 4.80 Å². The van der Waals surface area contributed by atoms with Crippen LogP contribution >= 0.6 is 27.3 Å². The van der Waals surface area contributed by atoms with E-state index in [1.165, 1.54) is 12.1 Å². The van der Waals surface area contributed by atoms with Crippen molar-refractivity contribution in [3.8, 4) is 5.88 Å². The summed E-state index contributed by atoms with van der Waals surface area (Å²) in [4.78, 5) is 33.2. The minimum Gasteiger partial charge on any atom is -0.493 e. The summed E-state index contributed by atoms with van der Waals surface area (Å²) >= 11 is 4.56. The van der Waals surface area contributed by atoms with Crippen LogP contribution < -0.4 is 15.4 Å². The van der Waals surface area contributed by atoms with Gasteiger partial charge in [0, 0.05) is 16.2 Å². The number of aromatic nitrogens is 1. The normalized spacial score (nSPS) is 13.5. The van der Waals surface area contributed by atoms with Gasteiger partial charge >= 0.3 is 5.97 Å². The number of rotatable bonds is 4. The van der Waals surface area contributed by atoms with Crippen molar-refractivity contribution in [2.75, 3.05) is 0 Å². The number of aromatic hydroxyl groups is 1. The van der Waals surface area contributed by atoms with Crippen LogP contribution in [0.5, 0.6) is 5.88 Å². The number of amides is 1. The predicted molar refractivity (Wildman–Crippen MR) is 111 cm³/mol. The highest BCUT2D eigenvalue weighted by atomic mass is 79.9. The molecule has 2 aromatic carbocycles. The molecule has 0 unspecified atom stereocenters. The topological polar surface area (TPSA) is 104 Å². The summed E-state index contributed by atoms with van der Waals surface area (Å²) in [5, 5.41) is 21.2. The fourth-order valence-corrected chi connectivity index (χ4v) is 4.58. The van der Waals surface area contributed by atoms with Crippen LogP contribution in [0, 0.1) is 0 Å². The molecule has 0 fully saturated rings. The Labute approximate surface area is 176 Å². The fraction of sp³-hybridized carbons (Fsp3) is 0.100. The summed E-state index contributed by atoms with van der Waals surface area (Å²) in [5.74, 6) is -1.54. The van der Waals surface area contributed by atoms with Crippen molar-refractivity contribution < 1.29 is 19.8 Å². The van der Waals surface area contributed by atoms with Crippen LogP contribution in [0.4, 0.5) is 5.69 Å². The highest BCUT2D eigenvalue weighted by Crippen LogP contribution is 2.29. The lowest BCUT2D eigenvalue weighted by Gasteiger charge is -2.02. The summed E-state index contributed by atoms with van der Waals surface area (Å²) in [5.41, 5.74) is 0.885. The molecule has 3 aromatic rings. The third kappa shape index (κ3) is 3.43. The zero-order valence-electron chi connectivity index (χ0n) is 15.1. The molecule has 0 radical (unpaired) electrons. The number of fused-ring (bicyclic) bond motifs is 1. The molecular weight excluding hydrogens is 458 g/mol. The van der Waals surface area contributed by atoms with E-state index in [1.807, 2.05) is 6.92 Å². The van der Waals surface area contributed by atoms with Crippen LogP contribution in [-0.4, -0.2) is 26.7 Å². The SMILES string of the molecule is CCn1c(O)c(C2=c3cc(Br)ccc3=NC2=O)sc1=Nc1cccc(C(=O)O)c1. The molecule has 2 N–H and O–H groups in total. The van der Waals surface area contributed by atoms with Gasteiger partial charge in [-0.3, -0.25) is 9.36 Å². The lowest BCUT2D eigenvalue weighted by atomic mass is 10.1. The fourth-order valence-electron chi connectivity index (χ4n) is 3.06. The quantitative estimate of drug-likeness (QED) is 0.608. The first-order valence-corrected chi connectivity index (χ1v) is 10.2. The van der Waals surface area contributed by atoms with Gasteiger partial charge in [-0.1, -0.05) is 33.3 Å². The zero-order chi connectivity index (χ0) is 20.7. The van der Waals surface area contributed by atoms with Gasteiger partial charge in [0.2, 0.25) is 5.88 Å². The molecule has 0 saturated heterocycles. The molecule has 9 heteroatoms. The Hall–Kier alpha value is -3.04. The lowest BCUT2D eigenvalue weighted by molar-refractivity contribution is -0.112. The Kier molecular flexibility index (Phi) is 4.93. The monoisotopic (exact) mass is 471 g/mol. The van der Waals surface area contributed by atoms with Crippen LogP contribution in [-0.2, 0) is 11.3 Å². The number of benzene rings is 2. The molecule has 0 spiro atoms. The first-order chi connectivity index (χ1) is 13.9. The standard InChI is InChI=1S/C20H14BrN3O4S/c1-2-24-18(26)16(15-13-9-11(21)6-7-14(13)23-17(15)25)29-20(24)22-12-5-3-4-10(8-12)19(27)28/h3-9,26H,2H2,1H3,(H,27,28). The molecule has 0 aliphatic carbocycles. The number of carboxylic acids is 1. The van der Waals surface area contributed by atoms with Crippen molar-refractivity contribution in [1.29, 1.82) is 0 Å². The van der Waals surface area contributed by atoms with Crippen molar-refractivity contribution in [3.63, 3.8) is 0 Å². The molecule has 0 atom stereocenters. The zero-order valence-corrected chi connectivity index (χ0v) is 17.5. The number of nitrogens with zero attached hydrogens (tertiary/aromatic N) is 3. The maximum atomic E-state index is 12.6. The molecule has 7 nitrogen and oxygen atoms in total. The maximum Gasteiger partial charge on any atom is 0.335 e. The van der Waals surface area contributed by atoms with E-state index in [-0.39, 0.29) is 11.4 Å². The van der Waals surface area contributed by atoms with Gasteiger partial charge in [0.1, 0.15) is 4.88 Å². The van der Waals surface area contributed by atoms with Crippen molar-refractivity contribution >= 4 is 50.4 Å². The molecule has 4 rings (SSSR count). The van der Waals surface area contributed by atoms with E-state index >= 15 is 0 Å². The van der Waals surface area contributed by atoms with E-state index in [4.69, 9.17) is 0 Å². The van der Waals surface area contributed by atoms with E-state index in [1.54, 1.807) is 34.9 Å². The van der Waals surface area contributed by atoms with Gasteiger partial charge in [-0.15, -0.1) is 0 Å². The number of carbonyl (C=O) groups is 2. The summed E-state index contributed by atoms with van der Waals surface area (Å²) in [6, 6.07) is 11.6. The van der Waals surface area contributed by atoms with E-state index in [0.29, 0.717) is 38.1 Å². The van der Waals surface area contributed by atoms with Crippen molar-refractivity contribution in [2.24, 2.45) is 9.98 Å². The van der Waals surface area contributed by atoms with E-state index in [2.05, 4.69) is 25.9 Å². The minimum atomic E-state index is -1.05. The molecule has 1 aliphatic rings. The molecule has 0 saturated carbocycles. The summed E-state index contributed by atoms with van der Waals surface area (Å²) in [6.07, 6.45) is 0. The molecule has 2 heterocycles. The second-order valence-corrected chi connectivity index (χ2v) is 8.10. The Bertz CT molecular complexity index is 1370. The summed E-state index contributed by atoms with van der Waals surface area (Å²) in [6.45, 7) is 2.27. The number of halogens is 1. The first kappa shape index (κ1) is 19.3. The van der Waals surface area contributed by atoms with Gasteiger partial charge in [-0.2, -0.15) is 0 Å². The number of carboxylic acid groups (broad SMARTS) is 1. The average Bonchev–Trinajstić information content (AvgIpc) is 3.16. The second kappa shape index (κ2) is 7.41. The number of carbonyl (C=O) groups excluding carboxylic acids is 1. The highest BCUT2D eigenvalue weighted by Gasteiger charge is 2.25. The maximum absolute atomic E-state index is 12.6. The van der Waals surface area contributed by atoms with Crippen LogP contribution in [0.1, 0.15) is 22.2 Å². The number of hydrogen-bond acceptors (Lipinski definition) is 5.